The van der Waals surface area contributed by atoms with Crippen LogP contribution >= 0.6 is 0 Å². The maximum atomic E-state index is 14.6. The fraction of sp³-hybridized carbons (Fsp3) is 0.160. The standard InChI is InChI=1S/C25H20F3N3O2/c1-30(25(33)18-10-4-7-13-21(18)28)15-24(32)31-23(17-9-3-6-12-20(17)27)14-22(29-31)16-8-2-5-11-19(16)26/h2-13,23H,14-15H2,1H3/t23-/m1/s1. The van der Waals surface area contributed by atoms with E-state index in [0.717, 1.165) is 16.0 Å². The van der Waals surface area contributed by atoms with Crippen LogP contribution in [0.5, 0.6) is 0 Å². The van der Waals surface area contributed by atoms with Gasteiger partial charge < -0.3 is 4.90 Å². The quantitative estimate of drug-likeness (QED) is 0.571. The normalized spacial score (nSPS) is 15.3. The molecule has 0 unspecified atom stereocenters. The molecule has 0 saturated carbocycles. The van der Waals surface area contributed by atoms with E-state index >= 15 is 0 Å². The van der Waals surface area contributed by atoms with Gasteiger partial charge in [-0.1, -0.05) is 48.5 Å². The van der Waals surface area contributed by atoms with Crippen molar-refractivity contribution in [3.8, 4) is 0 Å². The Morgan fingerprint density at radius 3 is 2.18 bits per heavy atom. The third-order valence-corrected chi connectivity index (χ3v) is 5.44. The Morgan fingerprint density at radius 2 is 1.52 bits per heavy atom. The molecule has 1 heterocycles. The summed E-state index contributed by atoms with van der Waals surface area (Å²) in [7, 11) is 1.36. The highest BCUT2D eigenvalue weighted by Crippen LogP contribution is 2.34. The molecule has 0 aromatic heterocycles. The molecule has 1 atom stereocenters. The average molecular weight is 451 g/mol. The number of hydrogen-bond donors (Lipinski definition) is 0. The first kappa shape index (κ1) is 22.3. The smallest absolute Gasteiger partial charge is 0.262 e. The van der Waals surface area contributed by atoms with Gasteiger partial charge in [0.1, 0.15) is 24.0 Å². The molecule has 0 spiro atoms. The van der Waals surface area contributed by atoms with Crippen molar-refractivity contribution in [2.75, 3.05) is 13.6 Å². The SMILES string of the molecule is CN(CC(=O)N1N=C(c2ccccc2F)C[C@@H]1c1ccccc1F)C(=O)c1ccccc1F. The minimum absolute atomic E-state index is 0.0958. The highest BCUT2D eigenvalue weighted by Gasteiger charge is 2.36. The molecule has 0 fully saturated rings. The van der Waals surface area contributed by atoms with Crippen LogP contribution in [0.4, 0.5) is 13.2 Å². The van der Waals surface area contributed by atoms with Gasteiger partial charge in [-0.2, -0.15) is 5.10 Å². The third kappa shape index (κ3) is 4.50. The Balaban J connectivity index is 1.63. The van der Waals surface area contributed by atoms with Crippen molar-refractivity contribution in [1.82, 2.24) is 9.91 Å². The molecule has 2 amide bonds. The molecule has 1 aliphatic rings. The summed E-state index contributed by atoms with van der Waals surface area (Å²) >= 11 is 0. The van der Waals surface area contributed by atoms with Gasteiger partial charge in [0.15, 0.2) is 0 Å². The molecule has 4 rings (SSSR count). The fourth-order valence-electron chi connectivity index (χ4n) is 3.77. The summed E-state index contributed by atoms with van der Waals surface area (Å²) in [5.41, 5.74) is 0.558. The molecule has 8 heteroatoms. The first-order valence-corrected chi connectivity index (χ1v) is 10.3. The summed E-state index contributed by atoms with van der Waals surface area (Å²) in [4.78, 5) is 26.8. The number of halogens is 3. The molecule has 0 aliphatic carbocycles. The van der Waals surface area contributed by atoms with Crippen LogP contribution in [0.1, 0.15) is 33.9 Å². The van der Waals surface area contributed by atoms with E-state index in [2.05, 4.69) is 5.10 Å². The Labute approximate surface area is 188 Å². The van der Waals surface area contributed by atoms with Crippen LogP contribution in [0.25, 0.3) is 0 Å². The number of benzene rings is 3. The van der Waals surface area contributed by atoms with Crippen molar-refractivity contribution >= 4 is 17.5 Å². The van der Waals surface area contributed by atoms with Gasteiger partial charge in [0, 0.05) is 24.6 Å². The lowest BCUT2D eigenvalue weighted by Gasteiger charge is -2.25. The highest BCUT2D eigenvalue weighted by molar-refractivity contribution is 6.04. The topological polar surface area (TPSA) is 53.0 Å². The molecular weight excluding hydrogens is 431 g/mol. The summed E-state index contributed by atoms with van der Waals surface area (Å²) in [6, 6.07) is 16.6. The van der Waals surface area contributed by atoms with Crippen molar-refractivity contribution in [3.05, 3.63) is 107 Å². The second-order valence-electron chi connectivity index (χ2n) is 7.65. The van der Waals surface area contributed by atoms with Crippen LogP contribution in [0, 0.1) is 17.5 Å². The lowest BCUT2D eigenvalue weighted by molar-refractivity contribution is -0.133. The molecule has 3 aromatic carbocycles. The van der Waals surface area contributed by atoms with Crippen LogP contribution in [0.2, 0.25) is 0 Å². The number of rotatable bonds is 5. The van der Waals surface area contributed by atoms with Gasteiger partial charge >= 0.3 is 0 Å². The molecular formula is C25H20F3N3O2. The zero-order chi connectivity index (χ0) is 23.5. The van der Waals surface area contributed by atoms with E-state index in [-0.39, 0.29) is 28.8 Å². The zero-order valence-corrected chi connectivity index (χ0v) is 17.7. The summed E-state index contributed by atoms with van der Waals surface area (Å²) in [6.45, 7) is -0.424. The highest BCUT2D eigenvalue weighted by atomic mass is 19.1. The van der Waals surface area contributed by atoms with E-state index < -0.39 is 41.9 Å². The van der Waals surface area contributed by atoms with E-state index in [1.54, 1.807) is 12.1 Å². The van der Waals surface area contributed by atoms with Crippen LogP contribution in [0.15, 0.2) is 77.9 Å². The molecule has 5 nitrogen and oxygen atoms in total. The molecule has 168 valence electrons. The number of hydrogen-bond acceptors (Lipinski definition) is 3. The Hall–Kier alpha value is -3.94. The molecule has 0 saturated heterocycles. The van der Waals surface area contributed by atoms with E-state index in [0.29, 0.717) is 0 Å². The van der Waals surface area contributed by atoms with Crippen LogP contribution in [-0.2, 0) is 4.79 Å². The number of likely N-dealkylation sites (N-methyl/N-ethyl adjacent to an activating group) is 1. The number of carbonyl (C=O) groups is 2. The predicted molar refractivity (Wildman–Crippen MR) is 117 cm³/mol. The molecule has 33 heavy (non-hydrogen) atoms. The Kier molecular flexibility index (Phi) is 6.26. The maximum Gasteiger partial charge on any atom is 0.262 e. The molecule has 0 radical (unpaired) electrons. The van der Waals surface area contributed by atoms with E-state index in [9.17, 15) is 22.8 Å². The minimum Gasteiger partial charge on any atom is -0.332 e. The summed E-state index contributed by atoms with van der Waals surface area (Å²) in [5.74, 6) is -3.03. The van der Waals surface area contributed by atoms with Gasteiger partial charge in [0.25, 0.3) is 11.8 Å². The van der Waals surface area contributed by atoms with Crippen LogP contribution < -0.4 is 0 Å². The van der Waals surface area contributed by atoms with Gasteiger partial charge in [-0.25, -0.2) is 18.2 Å². The van der Waals surface area contributed by atoms with Crippen molar-refractivity contribution in [2.24, 2.45) is 5.10 Å². The summed E-state index contributed by atoms with van der Waals surface area (Å²) in [6.07, 6.45) is 0.0958. The van der Waals surface area contributed by atoms with Crippen molar-refractivity contribution in [3.63, 3.8) is 0 Å². The van der Waals surface area contributed by atoms with Gasteiger partial charge in [0.05, 0.1) is 17.3 Å². The van der Waals surface area contributed by atoms with Crippen LogP contribution in [-0.4, -0.2) is 41.0 Å². The van der Waals surface area contributed by atoms with E-state index in [1.165, 1.54) is 61.6 Å². The van der Waals surface area contributed by atoms with E-state index in [1.807, 2.05) is 0 Å². The predicted octanol–water partition coefficient (Wildman–Crippen LogP) is 4.55. The van der Waals surface area contributed by atoms with Gasteiger partial charge in [-0.05, 0) is 24.3 Å². The molecule has 0 bridgehead atoms. The van der Waals surface area contributed by atoms with E-state index in [4.69, 9.17) is 0 Å². The van der Waals surface area contributed by atoms with Crippen molar-refractivity contribution < 1.29 is 22.8 Å². The molecule has 0 N–H and O–H groups in total. The van der Waals surface area contributed by atoms with Gasteiger partial charge in [0.2, 0.25) is 0 Å². The average Bonchev–Trinajstić information content (AvgIpc) is 3.24. The van der Waals surface area contributed by atoms with Gasteiger partial charge in [-0.3, -0.25) is 9.59 Å². The number of nitrogens with zero attached hydrogens (tertiary/aromatic N) is 3. The number of hydrazone groups is 1. The van der Waals surface area contributed by atoms with Crippen molar-refractivity contribution in [2.45, 2.75) is 12.5 Å². The second-order valence-corrected chi connectivity index (χ2v) is 7.65. The lowest BCUT2D eigenvalue weighted by atomic mass is 9.97. The monoisotopic (exact) mass is 451 g/mol. The first-order chi connectivity index (χ1) is 15.9. The number of carbonyl (C=O) groups excluding carboxylic acids is 2. The van der Waals surface area contributed by atoms with Gasteiger partial charge in [-0.15, -0.1) is 0 Å². The van der Waals surface area contributed by atoms with Crippen molar-refractivity contribution in [1.29, 1.82) is 0 Å². The second kappa shape index (κ2) is 9.28. The lowest BCUT2D eigenvalue weighted by Crippen LogP contribution is -2.39. The molecule has 3 aromatic rings. The number of amides is 2. The zero-order valence-electron chi connectivity index (χ0n) is 17.7. The molecule has 1 aliphatic heterocycles. The Morgan fingerprint density at radius 1 is 0.909 bits per heavy atom. The fourth-order valence-corrected chi connectivity index (χ4v) is 3.77. The summed E-state index contributed by atoms with van der Waals surface area (Å²) in [5, 5.41) is 5.38. The largest absolute Gasteiger partial charge is 0.332 e. The first-order valence-electron chi connectivity index (χ1n) is 10.3. The summed E-state index contributed by atoms with van der Waals surface area (Å²) < 4.78 is 42.9. The Bertz CT molecular complexity index is 1240. The third-order valence-electron chi connectivity index (χ3n) is 5.44. The minimum atomic E-state index is -0.815. The van der Waals surface area contributed by atoms with Crippen LogP contribution in [0.3, 0.4) is 0 Å². The maximum absolute atomic E-state index is 14.6.